The number of nitrogens with zero attached hydrogens (tertiary/aromatic N) is 1. The maximum atomic E-state index is 12.6. The third-order valence-corrected chi connectivity index (χ3v) is 4.11. The van der Waals surface area contributed by atoms with Gasteiger partial charge in [0.05, 0.1) is 18.2 Å². The van der Waals surface area contributed by atoms with Crippen LogP contribution in [-0.4, -0.2) is 26.8 Å². The summed E-state index contributed by atoms with van der Waals surface area (Å²) in [6.07, 6.45) is -0.265. The Kier molecular flexibility index (Phi) is 5.21. The summed E-state index contributed by atoms with van der Waals surface area (Å²) in [4.78, 5) is 36.0. The largest absolute Gasteiger partial charge is 0.481 e. The van der Waals surface area contributed by atoms with E-state index in [2.05, 4.69) is 10.4 Å². The molecule has 3 rings (SSSR count). The van der Waals surface area contributed by atoms with Crippen LogP contribution in [0.1, 0.15) is 34.1 Å². The lowest BCUT2D eigenvalue weighted by Crippen LogP contribution is -2.30. The molecule has 0 aliphatic rings. The monoisotopic (exact) mass is 365 g/mol. The molecule has 3 aromatic rings. The number of rotatable bonds is 6. The lowest BCUT2D eigenvalue weighted by atomic mass is 10.0. The van der Waals surface area contributed by atoms with Crippen molar-refractivity contribution in [3.8, 4) is 5.69 Å². The maximum Gasteiger partial charge on any atom is 0.305 e. The Morgan fingerprint density at radius 1 is 1.11 bits per heavy atom. The van der Waals surface area contributed by atoms with Gasteiger partial charge in [-0.15, -0.1) is 0 Å². The highest BCUT2D eigenvalue weighted by molar-refractivity contribution is 5.92. The van der Waals surface area contributed by atoms with Gasteiger partial charge in [-0.05, 0) is 24.6 Å². The molecule has 2 aromatic carbocycles. The van der Waals surface area contributed by atoms with Gasteiger partial charge in [0.15, 0.2) is 0 Å². The van der Waals surface area contributed by atoms with Crippen LogP contribution in [0.25, 0.3) is 5.69 Å². The molecule has 7 nitrogen and oxygen atoms in total. The average molecular weight is 365 g/mol. The molecule has 1 amide bonds. The van der Waals surface area contributed by atoms with E-state index in [-0.39, 0.29) is 17.7 Å². The maximum absolute atomic E-state index is 12.6. The van der Waals surface area contributed by atoms with Gasteiger partial charge in [-0.3, -0.25) is 19.5 Å². The molecule has 0 unspecified atom stereocenters. The Morgan fingerprint density at radius 2 is 1.85 bits per heavy atom. The number of aromatic amines is 1. The standard InChI is InChI=1S/C20H19N3O4/c1-13-6-5-7-14(10-13)16(12-19(25)26)21-20(27)17-11-18(24)23(22-17)15-8-3-2-4-9-15/h2-11,16,22H,12H2,1H3,(H,21,27)(H,25,26)/t16-/m0/s1. The minimum Gasteiger partial charge on any atom is -0.481 e. The van der Waals surface area contributed by atoms with Crippen LogP contribution in [0.2, 0.25) is 0 Å². The highest BCUT2D eigenvalue weighted by atomic mass is 16.4. The van der Waals surface area contributed by atoms with Gasteiger partial charge in [0.2, 0.25) is 0 Å². The zero-order valence-electron chi connectivity index (χ0n) is 14.7. The quantitative estimate of drug-likeness (QED) is 0.624. The summed E-state index contributed by atoms with van der Waals surface area (Å²) < 4.78 is 1.26. The summed E-state index contributed by atoms with van der Waals surface area (Å²) in [5, 5.41) is 14.6. The molecular weight excluding hydrogens is 346 g/mol. The normalized spacial score (nSPS) is 11.7. The molecular formula is C20H19N3O4. The summed E-state index contributed by atoms with van der Waals surface area (Å²) >= 11 is 0. The highest BCUT2D eigenvalue weighted by Gasteiger charge is 2.21. The lowest BCUT2D eigenvalue weighted by Gasteiger charge is -2.17. The predicted octanol–water partition coefficient (Wildman–Crippen LogP) is 2.42. The van der Waals surface area contributed by atoms with E-state index in [1.165, 1.54) is 10.7 Å². The summed E-state index contributed by atoms with van der Waals surface area (Å²) in [5.41, 5.74) is 1.93. The summed E-state index contributed by atoms with van der Waals surface area (Å²) in [7, 11) is 0. The van der Waals surface area contributed by atoms with E-state index < -0.39 is 17.9 Å². The summed E-state index contributed by atoms with van der Waals surface area (Å²) in [5.74, 6) is -1.58. The second-order valence-corrected chi connectivity index (χ2v) is 6.22. The highest BCUT2D eigenvalue weighted by Crippen LogP contribution is 2.19. The number of aryl methyl sites for hydroxylation is 1. The number of hydrogen-bond donors (Lipinski definition) is 3. The van der Waals surface area contributed by atoms with Crippen LogP contribution in [0, 0.1) is 6.92 Å². The van der Waals surface area contributed by atoms with Crippen molar-refractivity contribution in [2.24, 2.45) is 0 Å². The number of hydrogen-bond acceptors (Lipinski definition) is 3. The zero-order chi connectivity index (χ0) is 19.4. The molecule has 0 saturated carbocycles. The van der Waals surface area contributed by atoms with Crippen molar-refractivity contribution in [2.75, 3.05) is 0 Å². The Bertz CT molecular complexity index is 1020. The Labute approximate surface area is 155 Å². The molecule has 1 aromatic heterocycles. The van der Waals surface area contributed by atoms with Gasteiger partial charge in [0.1, 0.15) is 5.69 Å². The first kappa shape index (κ1) is 18.2. The van der Waals surface area contributed by atoms with Gasteiger partial charge in [0, 0.05) is 6.07 Å². The molecule has 0 aliphatic heterocycles. The van der Waals surface area contributed by atoms with Gasteiger partial charge in [-0.2, -0.15) is 0 Å². The van der Waals surface area contributed by atoms with Gasteiger partial charge in [-0.25, -0.2) is 4.68 Å². The number of benzene rings is 2. The van der Waals surface area contributed by atoms with Crippen molar-refractivity contribution in [3.05, 3.63) is 87.8 Å². The molecule has 0 saturated heterocycles. The average Bonchev–Trinajstić information content (AvgIpc) is 3.03. The fraction of sp³-hybridized carbons (Fsp3) is 0.150. The Balaban J connectivity index is 1.86. The molecule has 0 aliphatic carbocycles. The van der Waals surface area contributed by atoms with Crippen LogP contribution < -0.4 is 10.9 Å². The second-order valence-electron chi connectivity index (χ2n) is 6.22. The number of aromatic nitrogens is 2. The van der Waals surface area contributed by atoms with Gasteiger partial charge >= 0.3 is 5.97 Å². The molecule has 1 heterocycles. The number of H-pyrrole nitrogens is 1. The van der Waals surface area contributed by atoms with E-state index in [0.29, 0.717) is 11.3 Å². The molecule has 0 bridgehead atoms. The van der Waals surface area contributed by atoms with Crippen LogP contribution in [0.5, 0.6) is 0 Å². The van der Waals surface area contributed by atoms with Crippen LogP contribution in [0.3, 0.4) is 0 Å². The van der Waals surface area contributed by atoms with E-state index >= 15 is 0 Å². The first-order chi connectivity index (χ1) is 12.9. The molecule has 27 heavy (non-hydrogen) atoms. The van der Waals surface area contributed by atoms with Gasteiger partial charge in [0.25, 0.3) is 11.5 Å². The molecule has 0 fully saturated rings. The van der Waals surface area contributed by atoms with Crippen molar-refractivity contribution < 1.29 is 14.7 Å². The summed E-state index contributed by atoms with van der Waals surface area (Å²) in [6, 6.07) is 16.6. The van der Waals surface area contributed by atoms with Crippen molar-refractivity contribution in [3.63, 3.8) is 0 Å². The molecule has 3 N–H and O–H groups in total. The lowest BCUT2D eigenvalue weighted by molar-refractivity contribution is -0.137. The number of para-hydroxylation sites is 1. The van der Waals surface area contributed by atoms with Crippen LogP contribution >= 0.6 is 0 Å². The number of carbonyl (C=O) groups is 2. The van der Waals surface area contributed by atoms with Crippen LogP contribution in [0.15, 0.2) is 65.5 Å². The molecule has 138 valence electrons. The van der Waals surface area contributed by atoms with E-state index in [1.807, 2.05) is 25.1 Å². The van der Waals surface area contributed by atoms with E-state index in [4.69, 9.17) is 0 Å². The first-order valence-electron chi connectivity index (χ1n) is 8.41. The predicted molar refractivity (Wildman–Crippen MR) is 100 cm³/mol. The van der Waals surface area contributed by atoms with Crippen molar-refractivity contribution in [1.82, 2.24) is 15.1 Å². The first-order valence-corrected chi connectivity index (χ1v) is 8.41. The molecule has 0 spiro atoms. The van der Waals surface area contributed by atoms with E-state index in [1.54, 1.807) is 36.4 Å². The van der Waals surface area contributed by atoms with Crippen molar-refractivity contribution in [1.29, 1.82) is 0 Å². The third-order valence-electron chi connectivity index (χ3n) is 4.11. The topological polar surface area (TPSA) is 104 Å². The number of amides is 1. The zero-order valence-corrected chi connectivity index (χ0v) is 14.7. The number of carbonyl (C=O) groups excluding carboxylic acids is 1. The van der Waals surface area contributed by atoms with Gasteiger partial charge in [-0.1, -0.05) is 48.0 Å². The molecule has 1 atom stereocenters. The SMILES string of the molecule is Cc1cccc([C@H](CC(=O)O)NC(=O)c2cc(=O)n(-c3ccccc3)[nH]2)c1. The van der Waals surface area contributed by atoms with Crippen LogP contribution in [0.4, 0.5) is 0 Å². The van der Waals surface area contributed by atoms with Crippen molar-refractivity contribution >= 4 is 11.9 Å². The Hall–Kier alpha value is -3.61. The fourth-order valence-corrected chi connectivity index (χ4v) is 2.83. The summed E-state index contributed by atoms with van der Waals surface area (Å²) in [6.45, 7) is 1.89. The third kappa shape index (κ3) is 4.33. The smallest absolute Gasteiger partial charge is 0.305 e. The minimum absolute atomic E-state index is 0.0619. The van der Waals surface area contributed by atoms with Gasteiger partial charge < -0.3 is 10.4 Å². The van der Waals surface area contributed by atoms with E-state index in [0.717, 1.165) is 5.56 Å². The number of carboxylic acid groups (broad SMARTS) is 1. The number of carboxylic acids is 1. The van der Waals surface area contributed by atoms with E-state index in [9.17, 15) is 19.5 Å². The number of aliphatic carboxylic acids is 1. The fourth-order valence-electron chi connectivity index (χ4n) is 2.83. The number of nitrogens with one attached hydrogen (secondary N) is 2. The van der Waals surface area contributed by atoms with Crippen molar-refractivity contribution in [2.45, 2.75) is 19.4 Å². The molecule has 0 radical (unpaired) electrons. The second kappa shape index (κ2) is 7.74. The molecule has 7 heteroatoms. The Morgan fingerprint density at radius 3 is 2.52 bits per heavy atom. The van der Waals surface area contributed by atoms with Crippen LogP contribution in [-0.2, 0) is 4.79 Å². The minimum atomic E-state index is -1.03.